The molecule has 0 spiro atoms. The molecule has 1 saturated heterocycles. The lowest BCUT2D eigenvalue weighted by atomic mass is 10.0. The van der Waals surface area contributed by atoms with Gasteiger partial charge in [-0.3, -0.25) is 4.79 Å². The summed E-state index contributed by atoms with van der Waals surface area (Å²) >= 11 is 0. The highest BCUT2D eigenvalue weighted by atomic mass is 16.2. The van der Waals surface area contributed by atoms with Crippen molar-refractivity contribution >= 4 is 5.91 Å². The van der Waals surface area contributed by atoms with Gasteiger partial charge in [-0.15, -0.1) is 0 Å². The summed E-state index contributed by atoms with van der Waals surface area (Å²) < 4.78 is 0. The molecule has 0 aromatic carbocycles. The number of nitrogens with zero attached hydrogens (tertiary/aromatic N) is 2. The summed E-state index contributed by atoms with van der Waals surface area (Å²) in [6, 6.07) is 0.329. The van der Waals surface area contributed by atoms with Crippen LogP contribution in [0.4, 0.5) is 0 Å². The van der Waals surface area contributed by atoms with Crippen molar-refractivity contribution in [3.05, 3.63) is 23.9 Å². The lowest BCUT2D eigenvalue weighted by Crippen LogP contribution is -2.34. The van der Waals surface area contributed by atoms with E-state index in [0.29, 0.717) is 12.5 Å². The summed E-state index contributed by atoms with van der Waals surface area (Å²) in [5.41, 5.74) is 1.35. The molecule has 0 bridgehead atoms. The van der Waals surface area contributed by atoms with Crippen LogP contribution < -0.4 is 0 Å². The van der Waals surface area contributed by atoms with Crippen molar-refractivity contribution < 1.29 is 4.79 Å². The van der Waals surface area contributed by atoms with Gasteiger partial charge in [-0.25, -0.2) is 0 Å². The molecular weight excluding hydrogens is 176 g/mol. The van der Waals surface area contributed by atoms with Gasteiger partial charge in [0.2, 0.25) is 5.91 Å². The summed E-state index contributed by atoms with van der Waals surface area (Å²) in [7, 11) is 3.96. The zero-order chi connectivity index (χ0) is 10.1. The fourth-order valence-corrected chi connectivity index (χ4v) is 2.16. The monoisotopic (exact) mass is 192 g/mol. The molecule has 1 unspecified atom stereocenters. The number of allylic oxidation sites excluding steroid dienone is 2. The standard InChI is InChI=1S/C11H16N2O/c1-12-7-3-4-9(8-12)10-5-6-11(14)13(10)2/h3-4,7,10H,5-6,8H2,1-2H3. The van der Waals surface area contributed by atoms with Crippen LogP contribution in [0, 0.1) is 0 Å². The van der Waals surface area contributed by atoms with Crippen molar-refractivity contribution in [2.75, 3.05) is 20.6 Å². The summed E-state index contributed by atoms with van der Waals surface area (Å²) in [5.74, 6) is 0.271. The summed E-state index contributed by atoms with van der Waals surface area (Å²) in [6.45, 7) is 0.943. The molecule has 1 amide bonds. The van der Waals surface area contributed by atoms with E-state index in [1.165, 1.54) is 5.57 Å². The number of carbonyl (C=O) groups excluding carboxylic acids is 1. The van der Waals surface area contributed by atoms with Crippen molar-refractivity contribution in [3.63, 3.8) is 0 Å². The smallest absolute Gasteiger partial charge is 0.222 e. The molecular formula is C11H16N2O. The predicted octanol–water partition coefficient (Wildman–Crippen LogP) is 0.993. The molecule has 2 aliphatic heterocycles. The molecule has 0 saturated carbocycles. The molecule has 0 N–H and O–H groups in total. The Hall–Kier alpha value is -1.25. The van der Waals surface area contributed by atoms with E-state index in [4.69, 9.17) is 0 Å². The SMILES string of the molecule is CN1C=CC=C(C2CCC(=O)N2C)C1. The van der Waals surface area contributed by atoms with E-state index in [-0.39, 0.29) is 5.91 Å². The highest BCUT2D eigenvalue weighted by Crippen LogP contribution is 2.24. The number of amides is 1. The fraction of sp³-hybridized carbons (Fsp3) is 0.545. The molecule has 76 valence electrons. The minimum absolute atomic E-state index is 0.271. The molecule has 14 heavy (non-hydrogen) atoms. The summed E-state index contributed by atoms with van der Waals surface area (Å²) in [6.07, 6.45) is 7.92. The zero-order valence-corrected chi connectivity index (χ0v) is 8.73. The maximum atomic E-state index is 11.4. The Balaban J connectivity index is 2.12. The molecule has 2 aliphatic rings. The predicted molar refractivity (Wildman–Crippen MR) is 55.6 cm³/mol. The van der Waals surface area contributed by atoms with Gasteiger partial charge in [0.25, 0.3) is 0 Å². The molecule has 1 fully saturated rings. The second-order valence-electron chi connectivity index (χ2n) is 4.06. The first-order chi connectivity index (χ1) is 6.68. The molecule has 3 nitrogen and oxygen atoms in total. The fourth-order valence-electron chi connectivity index (χ4n) is 2.16. The first-order valence-electron chi connectivity index (χ1n) is 5.01. The minimum atomic E-state index is 0.271. The van der Waals surface area contributed by atoms with Crippen LogP contribution in [0.2, 0.25) is 0 Å². The van der Waals surface area contributed by atoms with Gasteiger partial charge in [0.1, 0.15) is 0 Å². The van der Waals surface area contributed by atoms with Gasteiger partial charge in [-0.1, -0.05) is 6.08 Å². The average Bonchev–Trinajstić information content (AvgIpc) is 2.48. The Morgan fingerprint density at radius 2 is 2.21 bits per heavy atom. The summed E-state index contributed by atoms with van der Waals surface area (Å²) in [5, 5.41) is 0. The van der Waals surface area contributed by atoms with Crippen molar-refractivity contribution in [1.82, 2.24) is 9.80 Å². The number of rotatable bonds is 1. The number of carbonyl (C=O) groups is 1. The van der Waals surface area contributed by atoms with Crippen LogP contribution in [-0.2, 0) is 4.79 Å². The van der Waals surface area contributed by atoms with Gasteiger partial charge in [0.05, 0.1) is 6.04 Å². The Labute approximate surface area is 84.7 Å². The van der Waals surface area contributed by atoms with E-state index in [0.717, 1.165) is 13.0 Å². The van der Waals surface area contributed by atoms with E-state index in [9.17, 15) is 4.79 Å². The van der Waals surface area contributed by atoms with Crippen molar-refractivity contribution in [1.29, 1.82) is 0 Å². The van der Waals surface area contributed by atoms with Gasteiger partial charge in [-0.2, -0.15) is 0 Å². The largest absolute Gasteiger partial charge is 0.376 e. The van der Waals surface area contributed by atoms with Crippen LogP contribution in [0.3, 0.4) is 0 Å². The third-order valence-electron chi connectivity index (χ3n) is 3.00. The van der Waals surface area contributed by atoms with E-state index in [2.05, 4.69) is 30.3 Å². The van der Waals surface area contributed by atoms with E-state index in [1.807, 2.05) is 11.9 Å². The molecule has 0 aromatic heterocycles. The van der Waals surface area contributed by atoms with Crippen LogP contribution in [0.25, 0.3) is 0 Å². The lowest BCUT2D eigenvalue weighted by Gasteiger charge is -2.28. The van der Waals surface area contributed by atoms with Crippen LogP contribution in [0.5, 0.6) is 0 Å². The van der Waals surface area contributed by atoms with Crippen LogP contribution in [0.15, 0.2) is 23.9 Å². The number of hydrogen-bond acceptors (Lipinski definition) is 2. The van der Waals surface area contributed by atoms with E-state index < -0.39 is 0 Å². The van der Waals surface area contributed by atoms with Gasteiger partial charge >= 0.3 is 0 Å². The minimum Gasteiger partial charge on any atom is -0.376 e. The molecule has 2 heterocycles. The molecule has 0 radical (unpaired) electrons. The maximum Gasteiger partial charge on any atom is 0.222 e. The number of likely N-dealkylation sites (tertiary alicyclic amines) is 1. The van der Waals surface area contributed by atoms with E-state index >= 15 is 0 Å². The number of hydrogen-bond donors (Lipinski definition) is 0. The van der Waals surface area contributed by atoms with Crippen molar-refractivity contribution in [2.24, 2.45) is 0 Å². The molecule has 0 aliphatic carbocycles. The van der Waals surface area contributed by atoms with Crippen LogP contribution in [-0.4, -0.2) is 42.4 Å². The quantitative estimate of drug-likeness (QED) is 0.618. The highest BCUT2D eigenvalue weighted by molar-refractivity contribution is 5.79. The topological polar surface area (TPSA) is 23.6 Å². The van der Waals surface area contributed by atoms with Crippen LogP contribution >= 0.6 is 0 Å². The van der Waals surface area contributed by atoms with Gasteiger partial charge in [0, 0.05) is 27.1 Å². The summed E-state index contributed by atoms with van der Waals surface area (Å²) in [4.78, 5) is 15.4. The molecule has 0 aromatic rings. The Morgan fingerprint density at radius 3 is 2.79 bits per heavy atom. The zero-order valence-electron chi connectivity index (χ0n) is 8.73. The highest BCUT2D eigenvalue weighted by Gasteiger charge is 2.30. The molecule has 1 atom stereocenters. The maximum absolute atomic E-state index is 11.4. The molecule has 3 heteroatoms. The van der Waals surface area contributed by atoms with Gasteiger partial charge < -0.3 is 9.80 Å². The van der Waals surface area contributed by atoms with Crippen LogP contribution in [0.1, 0.15) is 12.8 Å². The first-order valence-corrected chi connectivity index (χ1v) is 5.01. The normalized spacial score (nSPS) is 27.1. The Kier molecular flexibility index (Phi) is 2.32. The second-order valence-corrected chi connectivity index (χ2v) is 4.06. The third-order valence-corrected chi connectivity index (χ3v) is 3.00. The first kappa shape index (κ1) is 9.31. The van der Waals surface area contributed by atoms with Crippen molar-refractivity contribution in [2.45, 2.75) is 18.9 Å². The Bertz CT molecular complexity index is 306. The lowest BCUT2D eigenvalue weighted by molar-refractivity contribution is -0.127. The van der Waals surface area contributed by atoms with Gasteiger partial charge in [0.15, 0.2) is 0 Å². The van der Waals surface area contributed by atoms with E-state index in [1.54, 1.807) is 0 Å². The number of likely N-dealkylation sites (N-methyl/N-ethyl adjacent to an activating group) is 2. The molecule has 2 rings (SSSR count). The third kappa shape index (κ3) is 1.54. The average molecular weight is 192 g/mol. The van der Waals surface area contributed by atoms with Gasteiger partial charge in [-0.05, 0) is 24.3 Å². The van der Waals surface area contributed by atoms with Crippen molar-refractivity contribution in [3.8, 4) is 0 Å². The second kappa shape index (κ2) is 3.48. The Morgan fingerprint density at radius 1 is 1.43 bits per heavy atom.